The summed E-state index contributed by atoms with van der Waals surface area (Å²) in [5.74, 6) is 0.953. The molecule has 0 spiro atoms. The van der Waals surface area contributed by atoms with Crippen molar-refractivity contribution in [2.24, 2.45) is 0 Å². The van der Waals surface area contributed by atoms with E-state index in [-0.39, 0.29) is 18.5 Å². The van der Waals surface area contributed by atoms with Gasteiger partial charge in [-0.25, -0.2) is 0 Å². The highest BCUT2D eigenvalue weighted by Gasteiger charge is 2.13. The Kier molecular flexibility index (Phi) is 6.30. The van der Waals surface area contributed by atoms with Crippen LogP contribution in [0.15, 0.2) is 57.9 Å². The van der Waals surface area contributed by atoms with Gasteiger partial charge in [0, 0.05) is 16.2 Å². The van der Waals surface area contributed by atoms with Crippen molar-refractivity contribution in [1.29, 1.82) is 0 Å². The number of hydrogen-bond acceptors (Lipinski definition) is 6. The second-order valence-corrected chi connectivity index (χ2v) is 7.14. The Labute approximate surface area is 160 Å². The van der Waals surface area contributed by atoms with Crippen LogP contribution in [0, 0.1) is 6.92 Å². The second kappa shape index (κ2) is 8.87. The van der Waals surface area contributed by atoms with Crippen molar-refractivity contribution < 1.29 is 14.1 Å². The number of aryl methyl sites for hydroxylation is 1. The highest BCUT2D eigenvalue weighted by molar-refractivity contribution is 7.99. The normalized spacial score (nSPS) is 10.7. The molecule has 0 fully saturated rings. The quantitative estimate of drug-likeness (QED) is 0.422. The van der Waals surface area contributed by atoms with Gasteiger partial charge in [0.15, 0.2) is 6.61 Å². The number of ether oxygens (including phenoxy) is 1. The maximum Gasteiger partial charge on any atom is 0.307 e. The van der Waals surface area contributed by atoms with E-state index in [1.54, 1.807) is 23.9 Å². The average Bonchev–Trinajstić information content (AvgIpc) is 3.11. The summed E-state index contributed by atoms with van der Waals surface area (Å²) in [6, 6.07) is 15.4. The number of aromatic nitrogens is 2. The molecular formula is C19H17ClN2O3S. The first-order valence-corrected chi connectivity index (χ1v) is 9.41. The van der Waals surface area contributed by atoms with Crippen LogP contribution in [0.5, 0.6) is 0 Å². The number of hydrogen-bond donors (Lipinski definition) is 0. The SMILES string of the molecule is Cc1ccc(SCCC(=O)OCc2nc(-c3ccccc3Cl)no2)cc1. The molecular weight excluding hydrogens is 372 g/mol. The largest absolute Gasteiger partial charge is 0.456 e. The minimum absolute atomic E-state index is 0.0501. The van der Waals surface area contributed by atoms with Crippen LogP contribution in [0.25, 0.3) is 11.4 Å². The zero-order valence-corrected chi connectivity index (χ0v) is 15.7. The lowest BCUT2D eigenvalue weighted by molar-refractivity contribution is -0.145. The van der Waals surface area contributed by atoms with Crippen molar-refractivity contribution in [3.05, 3.63) is 65.0 Å². The monoisotopic (exact) mass is 388 g/mol. The zero-order chi connectivity index (χ0) is 18.4. The number of carbonyl (C=O) groups is 1. The fourth-order valence-corrected chi connectivity index (χ4v) is 3.22. The standard InChI is InChI=1S/C19H17ClN2O3S/c1-13-6-8-14(9-7-13)26-11-10-18(23)24-12-17-21-19(22-25-17)15-4-2-3-5-16(15)20/h2-9H,10-12H2,1H3. The first-order valence-electron chi connectivity index (χ1n) is 8.04. The molecule has 3 rings (SSSR count). The molecule has 0 aliphatic carbocycles. The van der Waals surface area contributed by atoms with Gasteiger partial charge in [0.25, 0.3) is 5.89 Å². The van der Waals surface area contributed by atoms with Gasteiger partial charge in [-0.3, -0.25) is 4.79 Å². The molecule has 0 unspecified atom stereocenters. The van der Waals surface area contributed by atoms with Crippen molar-refractivity contribution in [1.82, 2.24) is 10.1 Å². The highest BCUT2D eigenvalue weighted by atomic mass is 35.5. The highest BCUT2D eigenvalue weighted by Crippen LogP contribution is 2.25. The Hall–Kier alpha value is -2.31. The first-order chi connectivity index (χ1) is 12.6. The minimum atomic E-state index is -0.304. The van der Waals surface area contributed by atoms with E-state index < -0.39 is 0 Å². The van der Waals surface area contributed by atoms with Crippen LogP contribution in [0.3, 0.4) is 0 Å². The van der Waals surface area contributed by atoms with Crippen LogP contribution in [-0.2, 0) is 16.1 Å². The summed E-state index contributed by atoms with van der Waals surface area (Å²) >= 11 is 7.72. The molecule has 0 radical (unpaired) electrons. The van der Waals surface area contributed by atoms with E-state index in [2.05, 4.69) is 10.1 Å². The maximum atomic E-state index is 11.8. The molecule has 1 heterocycles. The number of halogens is 1. The Morgan fingerprint density at radius 2 is 1.96 bits per heavy atom. The van der Waals surface area contributed by atoms with Crippen LogP contribution in [0.1, 0.15) is 17.9 Å². The van der Waals surface area contributed by atoms with Gasteiger partial charge in [-0.15, -0.1) is 11.8 Å². The van der Waals surface area contributed by atoms with Gasteiger partial charge in [-0.1, -0.05) is 46.6 Å². The van der Waals surface area contributed by atoms with E-state index in [0.717, 1.165) is 4.90 Å². The van der Waals surface area contributed by atoms with Gasteiger partial charge in [-0.2, -0.15) is 4.98 Å². The molecule has 3 aromatic rings. The van der Waals surface area contributed by atoms with Crippen LogP contribution in [0.4, 0.5) is 0 Å². The molecule has 2 aromatic carbocycles. The van der Waals surface area contributed by atoms with Gasteiger partial charge in [0.2, 0.25) is 5.82 Å². The molecule has 5 nitrogen and oxygen atoms in total. The molecule has 0 amide bonds. The number of nitrogens with zero attached hydrogens (tertiary/aromatic N) is 2. The smallest absolute Gasteiger partial charge is 0.307 e. The lowest BCUT2D eigenvalue weighted by atomic mass is 10.2. The molecule has 0 N–H and O–H groups in total. The van der Waals surface area contributed by atoms with E-state index >= 15 is 0 Å². The lowest BCUT2D eigenvalue weighted by Gasteiger charge is -2.03. The third kappa shape index (κ3) is 5.09. The predicted molar refractivity (Wildman–Crippen MR) is 101 cm³/mol. The lowest BCUT2D eigenvalue weighted by Crippen LogP contribution is -2.05. The van der Waals surface area contributed by atoms with Crippen LogP contribution >= 0.6 is 23.4 Å². The van der Waals surface area contributed by atoms with Gasteiger partial charge < -0.3 is 9.26 Å². The zero-order valence-electron chi connectivity index (χ0n) is 14.1. The van der Waals surface area contributed by atoms with E-state index in [1.165, 1.54) is 5.56 Å². The minimum Gasteiger partial charge on any atom is -0.456 e. The Balaban J connectivity index is 1.45. The average molecular weight is 389 g/mol. The Morgan fingerprint density at radius 3 is 2.73 bits per heavy atom. The molecule has 0 atom stereocenters. The van der Waals surface area contributed by atoms with Crippen LogP contribution in [-0.4, -0.2) is 21.9 Å². The summed E-state index contributed by atoms with van der Waals surface area (Å²) in [7, 11) is 0. The molecule has 7 heteroatoms. The van der Waals surface area contributed by atoms with E-state index in [9.17, 15) is 4.79 Å². The fourth-order valence-electron chi connectivity index (χ4n) is 2.17. The number of esters is 1. The summed E-state index contributed by atoms with van der Waals surface area (Å²) in [6.07, 6.45) is 0.310. The Bertz CT molecular complexity index is 881. The van der Waals surface area contributed by atoms with Gasteiger partial charge in [-0.05, 0) is 31.2 Å². The molecule has 0 bridgehead atoms. The summed E-state index contributed by atoms with van der Waals surface area (Å²) < 4.78 is 10.3. The summed E-state index contributed by atoms with van der Waals surface area (Å²) in [6.45, 7) is 1.99. The van der Waals surface area contributed by atoms with Gasteiger partial charge in [0.05, 0.1) is 11.4 Å². The van der Waals surface area contributed by atoms with E-state index in [1.807, 2.05) is 43.3 Å². The molecule has 0 saturated heterocycles. The predicted octanol–water partition coefficient (Wildman–Crippen LogP) is 4.92. The molecule has 0 aliphatic rings. The Morgan fingerprint density at radius 1 is 1.19 bits per heavy atom. The van der Waals surface area contributed by atoms with Crippen molar-refractivity contribution in [3.8, 4) is 11.4 Å². The number of rotatable bonds is 7. The number of thioether (sulfide) groups is 1. The van der Waals surface area contributed by atoms with Gasteiger partial charge >= 0.3 is 5.97 Å². The maximum absolute atomic E-state index is 11.8. The third-order valence-electron chi connectivity index (χ3n) is 3.54. The van der Waals surface area contributed by atoms with E-state index in [0.29, 0.717) is 28.6 Å². The van der Waals surface area contributed by atoms with Gasteiger partial charge in [0.1, 0.15) is 0 Å². The number of carbonyl (C=O) groups excluding carboxylic acids is 1. The topological polar surface area (TPSA) is 65.2 Å². The van der Waals surface area contributed by atoms with Crippen molar-refractivity contribution in [2.45, 2.75) is 24.8 Å². The van der Waals surface area contributed by atoms with Crippen molar-refractivity contribution in [2.75, 3.05) is 5.75 Å². The molecule has 26 heavy (non-hydrogen) atoms. The molecule has 1 aromatic heterocycles. The van der Waals surface area contributed by atoms with Crippen molar-refractivity contribution >= 4 is 29.3 Å². The molecule has 134 valence electrons. The molecule has 0 saturated carbocycles. The van der Waals surface area contributed by atoms with Crippen LogP contribution < -0.4 is 0 Å². The fraction of sp³-hybridized carbons (Fsp3) is 0.211. The molecule has 0 aliphatic heterocycles. The van der Waals surface area contributed by atoms with Crippen LogP contribution in [0.2, 0.25) is 5.02 Å². The summed E-state index contributed by atoms with van der Waals surface area (Å²) in [5, 5.41) is 4.40. The first kappa shape index (κ1) is 18.5. The summed E-state index contributed by atoms with van der Waals surface area (Å²) in [5.41, 5.74) is 1.88. The van der Waals surface area contributed by atoms with E-state index in [4.69, 9.17) is 20.9 Å². The number of benzene rings is 2. The summed E-state index contributed by atoms with van der Waals surface area (Å²) in [4.78, 5) is 17.2. The second-order valence-electron chi connectivity index (χ2n) is 5.56. The van der Waals surface area contributed by atoms with Crippen molar-refractivity contribution in [3.63, 3.8) is 0 Å². The third-order valence-corrected chi connectivity index (χ3v) is 4.88.